The number of rotatable bonds is 1. The van der Waals surface area contributed by atoms with Gasteiger partial charge in [0.1, 0.15) is 0 Å². The number of carboxylic acid groups (broad SMARTS) is 2. The first-order valence-electron chi connectivity index (χ1n) is 3.44. The average molecular weight is 243 g/mol. The summed E-state index contributed by atoms with van der Waals surface area (Å²) in [6.45, 7) is 0. The van der Waals surface area contributed by atoms with E-state index in [4.69, 9.17) is 19.8 Å². The number of ether oxygens (including phenoxy) is 1. The van der Waals surface area contributed by atoms with Crippen molar-refractivity contribution in [2.45, 2.75) is 12.3 Å². The molecule has 0 bridgehead atoms. The van der Waals surface area contributed by atoms with Crippen molar-refractivity contribution in [2.75, 3.05) is 0 Å². The maximum atomic E-state index is 9.06. The molecule has 0 heterocycles. The van der Waals surface area contributed by atoms with Gasteiger partial charge in [0.2, 0.25) is 0 Å². The minimum atomic E-state index is -2.12. The van der Waals surface area contributed by atoms with Gasteiger partial charge in [0.05, 0.1) is 0 Å². The molecule has 1 aliphatic rings. The van der Waals surface area contributed by atoms with Gasteiger partial charge in [-0.25, -0.2) is 0 Å². The monoisotopic (exact) mass is 243 g/mol. The van der Waals surface area contributed by atoms with Crippen molar-refractivity contribution < 1.29 is 39.2 Å². The number of allylic oxidation sites excluding steroid dienone is 4. The van der Waals surface area contributed by atoms with Gasteiger partial charge in [-0.1, -0.05) is 0 Å². The van der Waals surface area contributed by atoms with Crippen LogP contribution in [-0.4, -0.2) is 12.3 Å². The second-order valence-corrected chi connectivity index (χ2v) is 3.17. The first kappa shape index (κ1) is 12.7. The number of carbonyl (C=O) groups is 2. The molecular weight excluding hydrogens is 235 g/mol. The van der Waals surface area contributed by atoms with Crippen LogP contribution in [0.3, 0.4) is 0 Å². The van der Waals surface area contributed by atoms with Gasteiger partial charge in [-0.05, 0) is 0 Å². The Bertz CT molecular complexity index is 257. The van der Waals surface area contributed by atoms with Crippen LogP contribution in [0.25, 0.3) is 0 Å². The van der Waals surface area contributed by atoms with E-state index in [2.05, 4.69) is 28.8 Å². The molecule has 0 atom stereocenters. The van der Waals surface area contributed by atoms with Gasteiger partial charge in [0.25, 0.3) is 12.3 Å². The van der Waals surface area contributed by atoms with Crippen molar-refractivity contribution in [1.82, 2.24) is 0 Å². The zero-order valence-electron chi connectivity index (χ0n) is 7.31. The third kappa shape index (κ3) is 7.38. The van der Waals surface area contributed by atoms with Gasteiger partial charge >= 0.3 is 49.7 Å². The molecule has 0 saturated heterocycles. The molecule has 0 unspecified atom stereocenters. The van der Waals surface area contributed by atoms with Crippen LogP contribution in [0.5, 0.6) is 0 Å². The second-order valence-electron chi connectivity index (χ2n) is 1.99. The van der Waals surface area contributed by atoms with Crippen LogP contribution >= 0.6 is 0 Å². The van der Waals surface area contributed by atoms with Gasteiger partial charge in [-0.2, -0.15) is 0 Å². The molecule has 0 aromatic rings. The van der Waals surface area contributed by atoms with Crippen molar-refractivity contribution in [3.8, 4) is 0 Å². The van der Waals surface area contributed by atoms with Crippen molar-refractivity contribution in [3.05, 3.63) is 22.7 Å². The van der Waals surface area contributed by atoms with E-state index in [0.29, 0.717) is 0 Å². The average Bonchev–Trinajstić information content (AvgIpc) is 2.53. The van der Waals surface area contributed by atoms with Crippen LogP contribution in [0.2, 0.25) is 5.86 Å². The summed E-state index contributed by atoms with van der Waals surface area (Å²) in [4.78, 5) is 18.1. The topological polar surface area (TPSA) is 89.5 Å². The Kier molecular flexibility index (Phi) is 6.51. The molecule has 0 N–H and O–H groups in total. The summed E-state index contributed by atoms with van der Waals surface area (Å²) in [5.74, 6) is 2.16. The zero-order valence-corrected chi connectivity index (χ0v) is 8.35. The fourth-order valence-electron chi connectivity index (χ4n) is 0.603. The van der Waals surface area contributed by atoms with Gasteiger partial charge in [-0.3, -0.25) is 0 Å². The summed E-state index contributed by atoms with van der Waals surface area (Å²) in [6, 6.07) is 0. The molecule has 0 fully saturated rings. The Morgan fingerprint density at radius 3 is 2.14 bits per heavy atom. The number of hydrogen-bond acceptors (Lipinski definition) is 5. The second kappa shape index (κ2) is 7.16. The number of carbonyl (C=O) groups excluding carboxylic acids is 2. The standard InChI is InChI=1S/C5H5.C2H2O5.CH3.Co/c1-2-4-5-3-1;3-1(4)7-2(5)6;;/h1-3H,4H2;(H,3,4)(H,5,6);1H3;/q;;;+2/p-2. The van der Waals surface area contributed by atoms with E-state index < -0.39 is 12.3 Å². The summed E-state index contributed by atoms with van der Waals surface area (Å²) in [7, 11) is 0. The van der Waals surface area contributed by atoms with Gasteiger partial charge < -0.3 is 24.5 Å². The summed E-state index contributed by atoms with van der Waals surface area (Å²) >= 11 is 1.45. The van der Waals surface area contributed by atoms with Crippen LogP contribution in [0.15, 0.2) is 22.7 Å². The SMILES string of the molecule is O=C([O-])OC(=O)[O-].[CH3][Co+2][C]1=CC=CC1. The molecule has 0 radical (unpaired) electrons. The van der Waals surface area contributed by atoms with Crippen molar-refractivity contribution in [1.29, 1.82) is 0 Å². The van der Waals surface area contributed by atoms with Crippen molar-refractivity contribution >= 4 is 12.3 Å². The van der Waals surface area contributed by atoms with Crippen LogP contribution in [0, 0.1) is 0 Å². The predicted octanol–water partition coefficient (Wildman–Crippen LogP) is -0.350. The molecule has 14 heavy (non-hydrogen) atoms. The number of hydrogen-bond donors (Lipinski definition) is 0. The third-order valence-corrected chi connectivity index (χ3v) is 2.14. The van der Waals surface area contributed by atoms with E-state index in [1.165, 1.54) is 25.6 Å². The quantitative estimate of drug-likeness (QED) is 0.463. The Labute approximate surface area is 87.0 Å². The van der Waals surface area contributed by atoms with Crippen molar-refractivity contribution in [2.24, 2.45) is 0 Å². The first-order valence-corrected chi connectivity index (χ1v) is 5.00. The summed E-state index contributed by atoms with van der Waals surface area (Å²) in [6.07, 6.45) is 3.41. The summed E-state index contributed by atoms with van der Waals surface area (Å²) in [5, 5.41) is 18.1. The van der Waals surface area contributed by atoms with Gasteiger partial charge in [-0.15, -0.1) is 0 Å². The molecule has 0 aliphatic heterocycles. The molecule has 1 aliphatic carbocycles. The molecular formula is C8H8CoO5. The Hall–Kier alpha value is -1.27. The van der Waals surface area contributed by atoms with E-state index in [1.54, 1.807) is 0 Å². The molecule has 0 spiro atoms. The van der Waals surface area contributed by atoms with Crippen molar-refractivity contribution in [3.63, 3.8) is 0 Å². The van der Waals surface area contributed by atoms with E-state index in [0.717, 1.165) is 0 Å². The maximum absolute atomic E-state index is 9.06. The molecule has 6 heteroatoms. The van der Waals surface area contributed by atoms with Gasteiger partial charge in [0, 0.05) is 0 Å². The first-order chi connectivity index (χ1) is 6.56. The Morgan fingerprint density at radius 1 is 1.43 bits per heavy atom. The summed E-state index contributed by atoms with van der Waals surface area (Å²) < 4.78 is 4.39. The molecule has 5 nitrogen and oxygen atoms in total. The van der Waals surface area contributed by atoms with Crippen LogP contribution in [0.4, 0.5) is 9.59 Å². The minimum absolute atomic E-state index is 1.18. The fourth-order valence-corrected chi connectivity index (χ4v) is 1.21. The normalized spacial score (nSPS) is 12.5. The van der Waals surface area contributed by atoms with E-state index in [9.17, 15) is 0 Å². The zero-order chi connectivity index (χ0) is 11.0. The van der Waals surface area contributed by atoms with E-state index in [-0.39, 0.29) is 0 Å². The van der Waals surface area contributed by atoms with E-state index >= 15 is 0 Å². The van der Waals surface area contributed by atoms with Crippen LogP contribution in [0.1, 0.15) is 6.42 Å². The molecule has 79 valence electrons. The fraction of sp³-hybridized carbons (Fsp3) is 0.250. The molecule has 0 aromatic heterocycles. The Morgan fingerprint density at radius 2 is 2.00 bits per heavy atom. The molecule has 0 aromatic carbocycles. The molecule has 1 rings (SSSR count). The Balaban J connectivity index is 0.000000241. The van der Waals surface area contributed by atoms with Crippen LogP contribution in [-0.2, 0) is 19.4 Å². The van der Waals surface area contributed by atoms with E-state index in [1.807, 2.05) is 0 Å². The van der Waals surface area contributed by atoms with Crippen LogP contribution < -0.4 is 10.2 Å². The van der Waals surface area contributed by atoms with Gasteiger partial charge in [0.15, 0.2) is 0 Å². The summed E-state index contributed by atoms with van der Waals surface area (Å²) in [5.41, 5.74) is 0. The molecule has 0 saturated carbocycles. The predicted molar refractivity (Wildman–Crippen MR) is 39.6 cm³/mol. The third-order valence-electron chi connectivity index (χ3n) is 1.09. The molecule has 0 amide bonds.